The number of benzene rings is 1. The zero-order valence-corrected chi connectivity index (χ0v) is 17.1. The zero-order chi connectivity index (χ0) is 19.2. The third-order valence-corrected chi connectivity index (χ3v) is 5.25. The molecule has 0 aliphatic heterocycles. The van der Waals surface area contributed by atoms with Crippen LogP contribution in [-0.4, -0.2) is 24.7 Å². The lowest BCUT2D eigenvalue weighted by Crippen LogP contribution is -2.48. The van der Waals surface area contributed by atoms with E-state index in [1.54, 1.807) is 0 Å². The Bertz CT molecular complexity index is 586. The quantitative estimate of drug-likeness (QED) is 0.630. The Morgan fingerprint density at radius 2 is 1.96 bits per heavy atom. The second-order valence-corrected chi connectivity index (χ2v) is 7.72. The Hall–Kier alpha value is -1.55. The van der Waals surface area contributed by atoms with Gasteiger partial charge in [0.05, 0.1) is 6.61 Å². The molecule has 0 aromatic heterocycles. The van der Waals surface area contributed by atoms with E-state index in [1.807, 2.05) is 32.9 Å². The Balaban J connectivity index is 2.14. The Morgan fingerprint density at radius 3 is 2.54 bits per heavy atom. The maximum Gasteiger partial charge on any atom is 0.256 e. The predicted octanol–water partition coefficient (Wildman–Crippen LogP) is 5.41. The van der Waals surface area contributed by atoms with Crippen molar-refractivity contribution in [3.8, 4) is 5.75 Å². The summed E-state index contributed by atoms with van der Waals surface area (Å²) in [7, 11) is 0. The molecule has 1 aromatic carbocycles. The molecule has 1 aliphatic rings. The van der Waals surface area contributed by atoms with Gasteiger partial charge in [-0.2, -0.15) is 0 Å². The van der Waals surface area contributed by atoms with Crippen molar-refractivity contribution in [2.75, 3.05) is 18.5 Å². The van der Waals surface area contributed by atoms with Gasteiger partial charge in [0.25, 0.3) is 5.91 Å². The first kappa shape index (κ1) is 20.8. The van der Waals surface area contributed by atoms with Crippen molar-refractivity contribution in [1.82, 2.24) is 0 Å². The summed E-state index contributed by atoms with van der Waals surface area (Å²) in [6, 6.07) is 4.00. The van der Waals surface area contributed by atoms with Gasteiger partial charge in [0.15, 0.2) is 0 Å². The van der Waals surface area contributed by atoms with Gasteiger partial charge in [0.1, 0.15) is 11.4 Å². The molecule has 1 N–H and O–H groups in total. The third-order valence-electron chi connectivity index (χ3n) is 5.25. The monoisotopic (exact) mass is 361 g/mol. The van der Waals surface area contributed by atoms with Crippen LogP contribution in [0.2, 0.25) is 0 Å². The number of carbonyl (C=O) groups is 1. The molecule has 0 unspecified atom stereocenters. The lowest BCUT2D eigenvalue weighted by molar-refractivity contribution is -0.147. The number of hydrogen-bond donors (Lipinski definition) is 1. The average molecular weight is 362 g/mol. The van der Waals surface area contributed by atoms with Gasteiger partial charge in [-0.05, 0) is 75.6 Å². The van der Waals surface area contributed by atoms with Crippen LogP contribution in [0.15, 0.2) is 12.1 Å². The summed E-state index contributed by atoms with van der Waals surface area (Å²) in [6.45, 7) is 11.7. The summed E-state index contributed by atoms with van der Waals surface area (Å²) in [4.78, 5) is 13.1. The molecule has 26 heavy (non-hydrogen) atoms. The second kappa shape index (κ2) is 9.40. The normalized spacial score (nSPS) is 22.9. The number of carbonyl (C=O) groups excluding carboxylic acids is 1. The number of ether oxygens (including phenoxy) is 2. The van der Waals surface area contributed by atoms with Crippen LogP contribution in [0.4, 0.5) is 5.69 Å². The van der Waals surface area contributed by atoms with Crippen molar-refractivity contribution >= 4 is 11.6 Å². The number of unbranched alkanes of at least 4 members (excludes halogenated alkanes) is 1. The van der Waals surface area contributed by atoms with E-state index in [0.29, 0.717) is 12.5 Å². The van der Waals surface area contributed by atoms with Crippen LogP contribution in [0.3, 0.4) is 0 Å². The molecule has 0 radical (unpaired) electrons. The summed E-state index contributed by atoms with van der Waals surface area (Å²) in [5.41, 5.74) is 2.24. The maximum atomic E-state index is 13.1. The highest BCUT2D eigenvalue weighted by molar-refractivity contribution is 5.97. The Kier molecular flexibility index (Phi) is 7.51. The van der Waals surface area contributed by atoms with Crippen LogP contribution in [-0.2, 0) is 9.53 Å². The molecule has 1 amide bonds. The van der Waals surface area contributed by atoms with E-state index in [4.69, 9.17) is 9.47 Å². The molecule has 1 saturated carbocycles. The number of rotatable bonds is 8. The van der Waals surface area contributed by atoms with Crippen molar-refractivity contribution in [3.05, 3.63) is 23.3 Å². The zero-order valence-electron chi connectivity index (χ0n) is 17.1. The highest BCUT2D eigenvalue weighted by Gasteiger charge is 2.42. The van der Waals surface area contributed by atoms with Gasteiger partial charge in [-0.25, -0.2) is 0 Å². The number of anilines is 1. The molecule has 0 bridgehead atoms. The highest BCUT2D eigenvalue weighted by atomic mass is 16.5. The maximum absolute atomic E-state index is 13.1. The van der Waals surface area contributed by atoms with Crippen molar-refractivity contribution in [1.29, 1.82) is 0 Å². The Morgan fingerprint density at radius 1 is 1.27 bits per heavy atom. The molecule has 2 rings (SSSR count). The molecule has 2 atom stereocenters. The summed E-state index contributed by atoms with van der Waals surface area (Å²) >= 11 is 0. The summed E-state index contributed by atoms with van der Waals surface area (Å²) in [5.74, 6) is 1.44. The molecule has 4 nitrogen and oxygen atoms in total. The predicted molar refractivity (Wildman–Crippen MR) is 107 cm³/mol. The van der Waals surface area contributed by atoms with Gasteiger partial charge in [-0.3, -0.25) is 4.79 Å². The van der Waals surface area contributed by atoms with E-state index in [9.17, 15) is 4.79 Å². The molecule has 0 saturated heterocycles. The van der Waals surface area contributed by atoms with E-state index in [2.05, 4.69) is 19.2 Å². The molecule has 1 aliphatic carbocycles. The molecule has 1 fully saturated rings. The minimum absolute atomic E-state index is 0.00986. The highest BCUT2D eigenvalue weighted by Crippen LogP contribution is 2.37. The van der Waals surface area contributed by atoms with Crippen LogP contribution in [0.25, 0.3) is 0 Å². The van der Waals surface area contributed by atoms with E-state index in [-0.39, 0.29) is 5.91 Å². The van der Waals surface area contributed by atoms with Gasteiger partial charge in [-0.1, -0.05) is 26.7 Å². The Labute approximate surface area is 158 Å². The van der Waals surface area contributed by atoms with E-state index >= 15 is 0 Å². The van der Waals surface area contributed by atoms with Crippen molar-refractivity contribution < 1.29 is 14.3 Å². The molecular weight excluding hydrogens is 326 g/mol. The molecule has 0 heterocycles. The van der Waals surface area contributed by atoms with Gasteiger partial charge in [-0.15, -0.1) is 0 Å². The summed E-state index contributed by atoms with van der Waals surface area (Å²) in [6.07, 6.45) is 5.97. The standard InChI is InChI=1S/C22H35NO3/c1-6-8-12-25-20-17(4)13-19(14-18(20)5)23-21(24)22(26-7-2)11-9-10-16(3)15-22/h13-14,16H,6-12,15H2,1-5H3,(H,23,24)/t16-,22-/m1/s1. The first-order valence-electron chi connectivity index (χ1n) is 10.1. The van der Waals surface area contributed by atoms with Gasteiger partial charge >= 0.3 is 0 Å². The fourth-order valence-electron chi connectivity index (χ4n) is 4.00. The van der Waals surface area contributed by atoms with Crippen LogP contribution in [0, 0.1) is 19.8 Å². The SMILES string of the molecule is CCCCOc1c(C)cc(NC(=O)[C@@]2(OCC)CCC[C@@H](C)C2)cc1C. The molecule has 1 aromatic rings. The summed E-state index contributed by atoms with van der Waals surface area (Å²) < 4.78 is 11.9. The average Bonchev–Trinajstić information content (AvgIpc) is 2.57. The fourth-order valence-corrected chi connectivity index (χ4v) is 4.00. The van der Waals surface area contributed by atoms with Crippen molar-refractivity contribution in [2.45, 2.75) is 78.7 Å². The minimum atomic E-state index is -0.690. The van der Waals surface area contributed by atoms with Gasteiger partial charge < -0.3 is 14.8 Å². The van der Waals surface area contributed by atoms with E-state index in [1.165, 1.54) is 6.42 Å². The first-order valence-corrected chi connectivity index (χ1v) is 10.1. The minimum Gasteiger partial charge on any atom is -0.493 e. The molecule has 146 valence electrons. The van der Waals surface area contributed by atoms with Crippen molar-refractivity contribution in [2.24, 2.45) is 5.92 Å². The molecular formula is C22H35NO3. The van der Waals surface area contributed by atoms with Crippen LogP contribution < -0.4 is 10.1 Å². The number of nitrogens with one attached hydrogen (secondary N) is 1. The van der Waals surface area contributed by atoms with Crippen LogP contribution >= 0.6 is 0 Å². The van der Waals surface area contributed by atoms with Crippen LogP contribution in [0.1, 0.15) is 70.4 Å². The van der Waals surface area contributed by atoms with Gasteiger partial charge in [0.2, 0.25) is 0 Å². The first-order chi connectivity index (χ1) is 12.4. The number of amides is 1. The largest absolute Gasteiger partial charge is 0.493 e. The van der Waals surface area contributed by atoms with Crippen molar-refractivity contribution in [3.63, 3.8) is 0 Å². The van der Waals surface area contributed by atoms with E-state index in [0.717, 1.165) is 61.3 Å². The summed E-state index contributed by atoms with van der Waals surface area (Å²) in [5, 5.41) is 3.11. The van der Waals surface area contributed by atoms with E-state index < -0.39 is 5.60 Å². The molecule has 4 heteroatoms. The topological polar surface area (TPSA) is 47.6 Å². The van der Waals surface area contributed by atoms with Gasteiger partial charge in [0, 0.05) is 12.3 Å². The number of aryl methyl sites for hydroxylation is 2. The lowest BCUT2D eigenvalue weighted by Gasteiger charge is -2.38. The smallest absolute Gasteiger partial charge is 0.256 e. The number of hydrogen-bond acceptors (Lipinski definition) is 3. The molecule has 0 spiro atoms. The van der Waals surface area contributed by atoms with Crippen LogP contribution in [0.5, 0.6) is 5.75 Å². The third kappa shape index (κ3) is 5.00. The second-order valence-electron chi connectivity index (χ2n) is 7.72. The lowest BCUT2D eigenvalue weighted by atomic mass is 9.78. The fraction of sp³-hybridized carbons (Fsp3) is 0.682.